The first-order valence-electron chi connectivity index (χ1n) is 8.35. The largest absolute Gasteiger partial charge is 0.494 e. The van der Waals surface area contributed by atoms with Crippen molar-refractivity contribution < 1.29 is 13.9 Å². The number of carbonyl (C=O) groups is 1. The van der Waals surface area contributed by atoms with Crippen LogP contribution >= 0.6 is 12.2 Å². The number of thiocarbonyl (C=S) groups is 1. The average Bonchev–Trinajstić information content (AvgIpc) is 2.63. The molecule has 0 aliphatic carbocycles. The van der Waals surface area contributed by atoms with Crippen molar-refractivity contribution in [2.24, 2.45) is 0 Å². The van der Waals surface area contributed by atoms with Crippen molar-refractivity contribution in [3.63, 3.8) is 0 Å². The number of halogens is 1. The summed E-state index contributed by atoms with van der Waals surface area (Å²) in [6.07, 6.45) is 5.02. The molecule has 136 valence electrons. The van der Waals surface area contributed by atoms with Crippen LogP contribution in [0.2, 0.25) is 0 Å². The number of benzene rings is 2. The molecule has 4 nitrogen and oxygen atoms in total. The zero-order valence-electron chi connectivity index (χ0n) is 14.5. The van der Waals surface area contributed by atoms with E-state index in [0.717, 1.165) is 29.8 Å². The molecule has 0 spiro atoms. The Morgan fingerprint density at radius 2 is 1.85 bits per heavy atom. The number of ether oxygens (including phenoxy) is 1. The van der Waals surface area contributed by atoms with Gasteiger partial charge in [0.2, 0.25) is 5.91 Å². The van der Waals surface area contributed by atoms with Crippen LogP contribution in [-0.2, 0) is 4.79 Å². The quantitative estimate of drug-likeness (QED) is 0.426. The summed E-state index contributed by atoms with van der Waals surface area (Å²) in [5.74, 6) is 0.103. The van der Waals surface area contributed by atoms with Crippen molar-refractivity contribution in [1.29, 1.82) is 0 Å². The zero-order chi connectivity index (χ0) is 18.8. The molecule has 0 saturated carbocycles. The summed E-state index contributed by atoms with van der Waals surface area (Å²) in [6, 6.07) is 13.2. The van der Waals surface area contributed by atoms with Crippen molar-refractivity contribution in [2.45, 2.75) is 19.8 Å². The molecule has 0 saturated heterocycles. The Hall–Kier alpha value is -2.73. The van der Waals surface area contributed by atoms with Crippen LogP contribution in [0.25, 0.3) is 6.08 Å². The molecular formula is C20H21FN2O2S. The Kier molecular flexibility index (Phi) is 7.76. The van der Waals surface area contributed by atoms with E-state index in [-0.39, 0.29) is 16.8 Å². The van der Waals surface area contributed by atoms with Crippen LogP contribution in [0.15, 0.2) is 54.6 Å². The van der Waals surface area contributed by atoms with Crippen LogP contribution in [0.1, 0.15) is 25.3 Å². The lowest BCUT2D eigenvalue weighted by atomic mass is 10.2. The van der Waals surface area contributed by atoms with E-state index in [4.69, 9.17) is 17.0 Å². The fourth-order valence-corrected chi connectivity index (χ4v) is 2.25. The summed E-state index contributed by atoms with van der Waals surface area (Å²) >= 11 is 5.12. The molecule has 2 aromatic rings. The van der Waals surface area contributed by atoms with Gasteiger partial charge in [0.25, 0.3) is 0 Å². The number of hydrogen-bond donors (Lipinski definition) is 2. The van der Waals surface area contributed by atoms with Crippen molar-refractivity contribution in [2.75, 3.05) is 11.9 Å². The molecular weight excluding hydrogens is 351 g/mol. The Morgan fingerprint density at radius 1 is 1.15 bits per heavy atom. The Labute approximate surface area is 158 Å². The number of hydrogen-bond acceptors (Lipinski definition) is 3. The van der Waals surface area contributed by atoms with Gasteiger partial charge in [-0.1, -0.05) is 25.5 Å². The van der Waals surface area contributed by atoms with Crippen LogP contribution in [0.3, 0.4) is 0 Å². The van der Waals surface area contributed by atoms with Gasteiger partial charge in [0.05, 0.1) is 6.61 Å². The molecule has 0 unspecified atom stereocenters. The molecule has 1 amide bonds. The summed E-state index contributed by atoms with van der Waals surface area (Å²) in [5, 5.41) is 5.68. The van der Waals surface area contributed by atoms with E-state index in [2.05, 4.69) is 17.6 Å². The molecule has 0 fully saturated rings. The molecule has 2 N–H and O–H groups in total. The normalized spacial score (nSPS) is 10.5. The summed E-state index contributed by atoms with van der Waals surface area (Å²) < 4.78 is 18.4. The van der Waals surface area contributed by atoms with Crippen molar-refractivity contribution >= 4 is 35.0 Å². The van der Waals surface area contributed by atoms with E-state index in [0.29, 0.717) is 6.61 Å². The van der Waals surface area contributed by atoms with Gasteiger partial charge in [0.1, 0.15) is 11.6 Å². The van der Waals surface area contributed by atoms with E-state index in [1.807, 2.05) is 24.3 Å². The first kappa shape index (κ1) is 19.6. The smallest absolute Gasteiger partial charge is 0.250 e. The third-order valence-corrected chi connectivity index (χ3v) is 3.62. The van der Waals surface area contributed by atoms with Gasteiger partial charge >= 0.3 is 0 Å². The molecule has 0 atom stereocenters. The summed E-state index contributed by atoms with van der Waals surface area (Å²) in [6.45, 7) is 2.80. The third-order valence-electron chi connectivity index (χ3n) is 3.41. The minimum Gasteiger partial charge on any atom is -0.494 e. The van der Waals surface area contributed by atoms with Gasteiger partial charge < -0.3 is 10.1 Å². The summed E-state index contributed by atoms with van der Waals surface area (Å²) in [4.78, 5) is 11.9. The minimum absolute atomic E-state index is 0.193. The fourth-order valence-electron chi connectivity index (χ4n) is 2.03. The first-order chi connectivity index (χ1) is 12.6. The summed E-state index contributed by atoms with van der Waals surface area (Å²) in [5.41, 5.74) is 1.47. The van der Waals surface area contributed by atoms with Crippen LogP contribution in [0.5, 0.6) is 5.75 Å². The van der Waals surface area contributed by atoms with Crippen molar-refractivity contribution in [1.82, 2.24) is 5.32 Å². The highest BCUT2D eigenvalue weighted by Crippen LogP contribution is 2.16. The number of carbonyl (C=O) groups excluding carboxylic acids is 1. The van der Waals surface area contributed by atoms with Gasteiger partial charge in [-0.05, 0) is 66.7 Å². The SMILES string of the molecule is CCCCOc1ccc(NC(=S)NC(=O)C=Cc2ccc(F)cc2)cc1. The van der Waals surface area contributed by atoms with Gasteiger partial charge in [-0.2, -0.15) is 0 Å². The van der Waals surface area contributed by atoms with Crippen LogP contribution in [0, 0.1) is 5.82 Å². The van der Waals surface area contributed by atoms with E-state index in [1.165, 1.54) is 18.2 Å². The Morgan fingerprint density at radius 3 is 2.50 bits per heavy atom. The second-order valence-corrected chi connectivity index (χ2v) is 5.96. The van der Waals surface area contributed by atoms with Gasteiger partial charge in [-0.15, -0.1) is 0 Å². The predicted octanol–water partition coefficient (Wildman–Crippen LogP) is 4.53. The first-order valence-corrected chi connectivity index (χ1v) is 8.76. The Bertz CT molecular complexity index is 758. The highest BCUT2D eigenvalue weighted by atomic mass is 32.1. The fraction of sp³-hybridized carbons (Fsp3) is 0.200. The second-order valence-electron chi connectivity index (χ2n) is 5.55. The number of rotatable bonds is 7. The topological polar surface area (TPSA) is 50.4 Å². The minimum atomic E-state index is -0.369. The van der Waals surface area contributed by atoms with Crippen LogP contribution < -0.4 is 15.4 Å². The third kappa shape index (κ3) is 7.03. The van der Waals surface area contributed by atoms with Crippen LogP contribution in [0.4, 0.5) is 10.1 Å². The lowest BCUT2D eigenvalue weighted by Crippen LogP contribution is -2.32. The lowest BCUT2D eigenvalue weighted by Gasteiger charge is -2.09. The number of amides is 1. The number of nitrogens with one attached hydrogen (secondary N) is 2. The van der Waals surface area contributed by atoms with Crippen molar-refractivity contribution in [3.8, 4) is 5.75 Å². The number of anilines is 1. The molecule has 0 aliphatic heterocycles. The molecule has 2 aromatic carbocycles. The molecule has 0 aliphatic rings. The van der Waals surface area contributed by atoms with Gasteiger partial charge in [-0.3, -0.25) is 10.1 Å². The van der Waals surface area contributed by atoms with Gasteiger partial charge in [0, 0.05) is 11.8 Å². The highest BCUT2D eigenvalue weighted by Gasteiger charge is 2.02. The van der Waals surface area contributed by atoms with Crippen LogP contribution in [-0.4, -0.2) is 17.6 Å². The average molecular weight is 372 g/mol. The highest BCUT2D eigenvalue weighted by molar-refractivity contribution is 7.80. The molecule has 6 heteroatoms. The zero-order valence-corrected chi connectivity index (χ0v) is 15.3. The lowest BCUT2D eigenvalue weighted by molar-refractivity contribution is -0.115. The molecule has 0 aromatic heterocycles. The maximum Gasteiger partial charge on any atom is 0.250 e. The number of unbranched alkanes of at least 4 members (excludes halogenated alkanes) is 1. The molecule has 2 rings (SSSR count). The molecule has 0 radical (unpaired) electrons. The standard InChI is InChI=1S/C20H21FN2O2S/c1-2-3-14-25-18-11-9-17(10-12-18)22-20(26)23-19(24)13-6-15-4-7-16(21)8-5-15/h4-13H,2-3,14H2,1H3,(H2,22,23,24,26). The molecule has 0 heterocycles. The van der Waals surface area contributed by atoms with Gasteiger partial charge in [-0.25, -0.2) is 4.39 Å². The Balaban J connectivity index is 1.80. The summed E-state index contributed by atoms with van der Waals surface area (Å²) in [7, 11) is 0. The predicted molar refractivity (Wildman–Crippen MR) is 107 cm³/mol. The van der Waals surface area contributed by atoms with Gasteiger partial charge in [0.15, 0.2) is 5.11 Å². The second kappa shape index (κ2) is 10.3. The molecule has 0 bridgehead atoms. The van der Waals surface area contributed by atoms with Crippen molar-refractivity contribution in [3.05, 3.63) is 66.0 Å². The maximum absolute atomic E-state index is 12.8. The van der Waals surface area contributed by atoms with E-state index < -0.39 is 0 Å². The molecule has 26 heavy (non-hydrogen) atoms. The maximum atomic E-state index is 12.8. The van der Waals surface area contributed by atoms with E-state index in [9.17, 15) is 9.18 Å². The van der Waals surface area contributed by atoms with E-state index in [1.54, 1.807) is 18.2 Å². The van der Waals surface area contributed by atoms with E-state index >= 15 is 0 Å². The monoisotopic (exact) mass is 372 g/mol.